The molecule has 0 spiro atoms. The van der Waals surface area contributed by atoms with Crippen molar-refractivity contribution in [3.8, 4) is 44.5 Å². The summed E-state index contributed by atoms with van der Waals surface area (Å²) >= 11 is 0. The zero-order chi connectivity index (χ0) is 37.7. The smallest absolute Gasteiger partial charge is 0.137 e. The van der Waals surface area contributed by atoms with Gasteiger partial charge in [0.25, 0.3) is 0 Å². The molecule has 11 rings (SSSR count). The standard InChI is InChI=1S/C54H35NO2/c1-3-14-37(15-4-1)42-18-7-8-21-47(42)54-43(38-16-5-2-6-17-38)22-13-23-49(54)55(41-31-32-46-44-19-9-11-24-50(44)57-53(46)35-41)40-29-26-36(27-30-40)39-28-33-52-48(34-39)45-20-10-12-25-51(45)56-52/h1-35H. The van der Waals surface area contributed by atoms with Crippen molar-refractivity contribution in [1.82, 2.24) is 0 Å². The Balaban J connectivity index is 1.14. The molecule has 0 N–H and O–H groups in total. The van der Waals surface area contributed by atoms with Gasteiger partial charge in [0.15, 0.2) is 0 Å². The number of benzene rings is 9. The van der Waals surface area contributed by atoms with Crippen LogP contribution in [0.25, 0.3) is 88.4 Å². The van der Waals surface area contributed by atoms with E-state index in [1.165, 1.54) is 11.1 Å². The third-order valence-electron chi connectivity index (χ3n) is 11.1. The first-order chi connectivity index (χ1) is 28.3. The summed E-state index contributed by atoms with van der Waals surface area (Å²) in [5.41, 5.74) is 15.9. The van der Waals surface area contributed by atoms with Gasteiger partial charge in [0.1, 0.15) is 22.3 Å². The molecule has 0 bridgehead atoms. The Kier molecular flexibility index (Phi) is 7.82. The number of furan rings is 2. The molecular weight excluding hydrogens is 695 g/mol. The normalized spacial score (nSPS) is 11.5. The van der Waals surface area contributed by atoms with Crippen molar-refractivity contribution < 1.29 is 8.83 Å². The van der Waals surface area contributed by atoms with Crippen molar-refractivity contribution in [3.05, 3.63) is 212 Å². The summed E-state index contributed by atoms with van der Waals surface area (Å²) in [6.45, 7) is 0. The van der Waals surface area contributed by atoms with Gasteiger partial charge in [-0.05, 0) is 93.5 Å². The van der Waals surface area contributed by atoms with Crippen molar-refractivity contribution in [2.24, 2.45) is 0 Å². The molecule has 57 heavy (non-hydrogen) atoms. The fraction of sp³-hybridized carbons (Fsp3) is 0. The molecule has 0 aliphatic carbocycles. The Hall–Kier alpha value is -7.62. The molecule has 0 aliphatic rings. The molecule has 0 aliphatic heterocycles. The minimum Gasteiger partial charge on any atom is -0.456 e. The highest BCUT2D eigenvalue weighted by molar-refractivity contribution is 6.08. The second-order valence-corrected chi connectivity index (χ2v) is 14.4. The van der Waals surface area contributed by atoms with E-state index in [1.807, 2.05) is 24.3 Å². The van der Waals surface area contributed by atoms with Gasteiger partial charge in [-0.25, -0.2) is 0 Å². The first-order valence-electron chi connectivity index (χ1n) is 19.3. The Morgan fingerprint density at radius 2 is 0.807 bits per heavy atom. The monoisotopic (exact) mass is 729 g/mol. The molecule has 2 heterocycles. The lowest BCUT2D eigenvalue weighted by molar-refractivity contribution is 0.668. The van der Waals surface area contributed by atoms with Gasteiger partial charge in [0.2, 0.25) is 0 Å². The molecule has 0 atom stereocenters. The van der Waals surface area contributed by atoms with Crippen molar-refractivity contribution >= 4 is 60.9 Å². The lowest BCUT2D eigenvalue weighted by Crippen LogP contribution is -2.12. The number of hydrogen-bond donors (Lipinski definition) is 0. The van der Waals surface area contributed by atoms with Gasteiger partial charge in [-0.3, -0.25) is 0 Å². The molecule has 0 radical (unpaired) electrons. The van der Waals surface area contributed by atoms with E-state index in [4.69, 9.17) is 8.83 Å². The minimum absolute atomic E-state index is 0.849. The van der Waals surface area contributed by atoms with Crippen LogP contribution >= 0.6 is 0 Å². The van der Waals surface area contributed by atoms with Crippen molar-refractivity contribution in [2.75, 3.05) is 4.90 Å². The highest BCUT2D eigenvalue weighted by atomic mass is 16.3. The van der Waals surface area contributed by atoms with Crippen LogP contribution < -0.4 is 4.90 Å². The highest BCUT2D eigenvalue weighted by Crippen LogP contribution is 2.49. The van der Waals surface area contributed by atoms with E-state index in [0.717, 1.165) is 94.3 Å². The summed E-state index contributed by atoms with van der Waals surface area (Å²) in [6, 6.07) is 75.3. The SMILES string of the molecule is c1ccc(-c2ccccc2-c2c(-c3ccccc3)cccc2N(c2ccc(-c3ccc4oc5ccccc5c4c3)cc2)c2ccc3c(c2)oc2ccccc23)cc1. The average molecular weight is 730 g/mol. The number of rotatable bonds is 7. The molecule has 3 nitrogen and oxygen atoms in total. The number of para-hydroxylation sites is 2. The third kappa shape index (κ3) is 5.68. The maximum absolute atomic E-state index is 6.50. The van der Waals surface area contributed by atoms with Crippen LogP contribution in [-0.4, -0.2) is 0 Å². The molecule has 11 aromatic rings. The second kappa shape index (κ2) is 13.6. The molecule has 268 valence electrons. The molecule has 0 saturated carbocycles. The lowest BCUT2D eigenvalue weighted by Gasteiger charge is -2.30. The van der Waals surface area contributed by atoms with Crippen LogP contribution in [0.3, 0.4) is 0 Å². The van der Waals surface area contributed by atoms with Gasteiger partial charge in [0.05, 0.1) is 5.69 Å². The predicted octanol–water partition coefficient (Wildman–Crippen LogP) is 15.6. The summed E-state index contributed by atoms with van der Waals surface area (Å²) in [4.78, 5) is 2.38. The van der Waals surface area contributed by atoms with Crippen LogP contribution in [0.2, 0.25) is 0 Å². The molecule has 0 saturated heterocycles. The summed E-state index contributed by atoms with van der Waals surface area (Å²) in [6.07, 6.45) is 0. The summed E-state index contributed by atoms with van der Waals surface area (Å²) < 4.78 is 12.7. The Morgan fingerprint density at radius 3 is 1.54 bits per heavy atom. The van der Waals surface area contributed by atoms with E-state index >= 15 is 0 Å². The van der Waals surface area contributed by atoms with E-state index in [2.05, 4.69) is 193 Å². The number of fused-ring (bicyclic) bond motifs is 6. The van der Waals surface area contributed by atoms with E-state index in [0.29, 0.717) is 0 Å². The first kappa shape index (κ1) is 32.8. The van der Waals surface area contributed by atoms with E-state index in [-0.39, 0.29) is 0 Å². The molecule has 9 aromatic carbocycles. The number of hydrogen-bond acceptors (Lipinski definition) is 3. The molecule has 3 heteroatoms. The van der Waals surface area contributed by atoms with Crippen molar-refractivity contribution in [3.63, 3.8) is 0 Å². The second-order valence-electron chi connectivity index (χ2n) is 14.4. The predicted molar refractivity (Wildman–Crippen MR) is 237 cm³/mol. The molecular formula is C54H35NO2. The summed E-state index contributed by atoms with van der Waals surface area (Å²) in [7, 11) is 0. The average Bonchev–Trinajstić information content (AvgIpc) is 3.85. The highest BCUT2D eigenvalue weighted by Gasteiger charge is 2.23. The van der Waals surface area contributed by atoms with E-state index < -0.39 is 0 Å². The van der Waals surface area contributed by atoms with Crippen LogP contribution in [0.15, 0.2) is 221 Å². The van der Waals surface area contributed by atoms with Crippen LogP contribution in [0.4, 0.5) is 17.1 Å². The fourth-order valence-electron chi connectivity index (χ4n) is 8.43. The van der Waals surface area contributed by atoms with Crippen LogP contribution in [0, 0.1) is 0 Å². The van der Waals surface area contributed by atoms with Crippen molar-refractivity contribution in [1.29, 1.82) is 0 Å². The third-order valence-corrected chi connectivity index (χ3v) is 11.1. The molecule has 2 aromatic heterocycles. The van der Waals surface area contributed by atoms with Gasteiger partial charge in [-0.1, -0.05) is 152 Å². The Bertz CT molecular complexity index is 3230. The minimum atomic E-state index is 0.849. The molecule has 0 unspecified atom stereocenters. The summed E-state index contributed by atoms with van der Waals surface area (Å²) in [5.74, 6) is 0. The van der Waals surface area contributed by atoms with Crippen LogP contribution in [0.5, 0.6) is 0 Å². The zero-order valence-corrected chi connectivity index (χ0v) is 31.0. The zero-order valence-electron chi connectivity index (χ0n) is 31.0. The van der Waals surface area contributed by atoms with E-state index in [9.17, 15) is 0 Å². The number of anilines is 3. The van der Waals surface area contributed by atoms with Gasteiger partial charge < -0.3 is 13.7 Å². The molecule has 0 fully saturated rings. The van der Waals surface area contributed by atoms with Gasteiger partial charge in [-0.2, -0.15) is 0 Å². The first-order valence-corrected chi connectivity index (χ1v) is 19.3. The quantitative estimate of drug-likeness (QED) is 0.164. The Morgan fingerprint density at radius 1 is 0.281 bits per heavy atom. The maximum Gasteiger partial charge on any atom is 0.137 e. The van der Waals surface area contributed by atoms with Crippen LogP contribution in [0.1, 0.15) is 0 Å². The van der Waals surface area contributed by atoms with Gasteiger partial charge in [0, 0.05) is 44.5 Å². The fourth-order valence-corrected chi connectivity index (χ4v) is 8.43. The largest absolute Gasteiger partial charge is 0.456 e. The number of nitrogens with zero attached hydrogens (tertiary/aromatic N) is 1. The molecule has 0 amide bonds. The van der Waals surface area contributed by atoms with Crippen molar-refractivity contribution in [2.45, 2.75) is 0 Å². The van der Waals surface area contributed by atoms with E-state index in [1.54, 1.807) is 0 Å². The van der Waals surface area contributed by atoms with Gasteiger partial charge >= 0.3 is 0 Å². The topological polar surface area (TPSA) is 29.5 Å². The Labute approximate surface area is 330 Å². The van der Waals surface area contributed by atoms with Gasteiger partial charge in [-0.15, -0.1) is 0 Å². The summed E-state index contributed by atoms with van der Waals surface area (Å²) in [5, 5.41) is 4.45. The maximum atomic E-state index is 6.50. The lowest BCUT2D eigenvalue weighted by atomic mass is 9.87. The van der Waals surface area contributed by atoms with Crippen LogP contribution in [-0.2, 0) is 0 Å².